The number of carbonyl (C=O) groups excluding carboxylic acids is 1. The zero-order valence-electron chi connectivity index (χ0n) is 20.5. The summed E-state index contributed by atoms with van der Waals surface area (Å²) in [6, 6.07) is 13.4. The van der Waals surface area contributed by atoms with Gasteiger partial charge in [-0.1, -0.05) is 44.9 Å². The minimum atomic E-state index is -3.60. The first-order valence-electron chi connectivity index (χ1n) is 11.9. The number of carbonyl (C=O) groups is 1. The van der Waals surface area contributed by atoms with Crippen LogP contribution in [0.15, 0.2) is 59.7 Å². The van der Waals surface area contributed by atoms with E-state index in [1.54, 1.807) is 13.0 Å². The molecule has 1 atom stereocenters. The van der Waals surface area contributed by atoms with Crippen LogP contribution in [0.1, 0.15) is 52.0 Å². The molecule has 7 heteroatoms. The average Bonchev–Trinajstić information content (AvgIpc) is 2.91. The number of unbranched alkanes of at least 4 members (excludes halogenated alkanes) is 1. The Bertz CT molecular complexity index is 1130. The third kappa shape index (κ3) is 5.81. The molecule has 0 bridgehead atoms. The molecule has 1 heterocycles. The van der Waals surface area contributed by atoms with Crippen LogP contribution in [-0.4, -0.2) is 33.3 Å². The zero-order valence-corrected chi connectivity index (χ0v) is 21.4. The summed E-state index contributed by atoms with van der Waals surface area (Å²) in [5, 5.41) is 0. The molecule has 34 heavy (non-hydrogen) atoms. The second kappa shape index (κ2) is 11.1. The highest BCUT2D eigenvalue weighted by molar-refractivity contribution is 7.91. The molecule has 0 aromatic heterocycles. The van der Waals surface area contributed by atoms with Gasteiger partial charge in [-0.2, -0.15) is 0 Å². The van der Waals surface area contributed by atoms with Crippen LogP contribution < -0.4 is 9.64 Å². The minimum Gasteiger partial charge on any atom is -0.464 e. The lowest BCUT2D eigenvalue weighted by atomic mass is 9.81. The van der Waals surface area contributed by atoms with Crippen molar-refractivity contribution < 1.29 is 22.7 Å². The molecule has 2 aromatic rings. The fraction of sp³-hybridized carbons (Fsp3) is 0.444. The van der Waals surface area contributed by atoms with E-state index in [0.717, 1.165) is 36.9 Å². The second-order valence-corrected chi connectivity index (χ2v) is 10.9. The number of aryl methyl sites for hydroxylation is 1. The van der Waals surface area contributed by atoms with Gasteiger partial charge in [0, 0.05) is 23.7 Å². The van der Waals surface area contributed by atoms with Gasteiger partial charge in [-0.25, -0.2) is 13.2 Å². The molecule has 0 fully saturated rings. The van der Waals surface area contributed by atoms with Gasteiger partial charge in [0.1, 0.15) is 5.75 Å². The van der Waals surface area contributed by atoms with Gasteiger partial charge in [0.25, 0.3) is 0 Å². The summed E-state index contributed by atoms with van der Waals surface area (Å²) < 4.78 is 38.1. The Balaban J connectivity index is 2.12. The summed E-state index contributed by atoms with van der Waals surface area (Å²) in [5.74, 6) is -0.0246. The Morgan fingerprint density at radius 2 is 1.88 bits per heavy atom. The molecule has 0 saturated heterocycles. The number of para-hydroxylation sites is 1. The van der Waals surface area contributed by atoms with Crippen molar-refractivity contribution in [1.82, 2.24) is 0 Å². The molecule has 1 unspecified atom stereocenters. The molecule has 0 N–H and O–H groups in total. The van der Waals surface area contributed by atoms with Gasteiger partial charge >= 0.3 is 5.97 Å². The zero-order chi connectivity index (χ0) is 24.8. The SMILES string of the molecule is CCCCC1(CC)CN(c2ccccc2)c2cc(C)c(O/C=C/C(=O)OCC)cc2S(=O)(=O)C1. The Hall–Kier alpha value is -2.80. The van der Waals surface area contributed by atoms with Crippen LogP contribution in [0.3, 0.4) is 0 Å². The van der Waals surface area contributed by atoms with Crippen molar-refractivity contribution in [2.24, 2.45) is 5.41 Å². The molecule has 6 nitrogen and oxygen atoms in total. The maximum Gasteiger partial charge on any atom is 0.333 e. The van der Waals surface area contributed by atoms with E-state index in [0.29, 0.717) is 18.0 Å². The number of hydrogen-bond acceptors (Lipinski definition) is 6. The largest absolute Gasteiger partial charge is 0.464 e. The highest BCUT2D eigenvalue weighted by Gasteiger charge is 2.41. The van der Waals surface area contributed by atoms with Gasteiger partial charge in [0.15, 0.2) is 9.84 Å². The monoisotopic (exact) mass is 485 g/mol. The smallest absolute Gasteiger partial charge is 0.333 e. The van der Waals surface area contributed by atoms with Crippen LogP contribution in [0, 0.1) is 12.3 Å². The van der Waals surface area contributed by atoms with Gasteiger partial charge in [-0.3, -0.25) is 0 Å². The van der Waals surface area contributed by atoms with E-state index in [1.807, 2.05) is 43.3 Å². The molecule has 0 amide bonds. The van der Waals surface area contributed by atoms with Crippen molar-refractivity contribution in [3.05, 3.63) is 60.4 Å². The average molecular weight is 486 g/mol. The predicted octanol–water partition coefficient (Wildman–Crippen LogP) is 5.96. The quantitative estimate of drug-likeness (QED) is 0.248. The molecule has 1 aliphatic heterocycles. The number of sulfone groups is 1. The summed E-state index contributed by atoms with van der Waals surface area (Å²) in [5.41, 5.74) is 2.05. The Labute approximate surface area is 203 Å². The summed E-state index contributed by atoms with van der Waals surface area (Å²) in [6.45, 7) is 8.72. The molecule has 0 spiro atoms. The first kappa shape index (κ1) is 25.8. The lowest BCUT2D eigenvalue weighted by Gasteiger charge is -2.36. The highest BCUT2D eigenvalue weighted by Crippen LogP contribution is 2.45. The number of benzene rings is 2. The first-order valence-corrected chi connectivity index (χ1v) is 13.6. The third-order valence-corrected chi connectivity index (χ3v) is 8.43. The minimum absolute atomic E-state index is 0.0913. The molecule has 2 aromatic carbocycles. The summed E-state index contributed by atoms with van der Waals surface area (Å²) >= 11 is 0. The number of rotatable bonds is 9. The predicted molar refractivity (Wildman–Crippen MR) is 135 cm³/mol. The Morgan fingerprint density at radius 3 is 2.53 bits per heavy atom. The maximum absolute atomic E-state index is 13.8. The van der Waals surface area contributed by atoms with Crippen LogP contribution >= 0.6 is 0 Å². The number of hydrogen-bond donors (Lipinski definition) is 0. The Kier molecular flexibility index (Phi) is 8.42. The van der Waals surface area contributed by atoms with Gasteiger partial charge in [0.2, 0.25) is 0 Å². The van der Waals surface area contributed by atoms with E-state index in [-0.39, 0.29) is 22.7 Å². The van der Waals surface area contributed by atoms with Crippen molar-refractivity contribution in [2.45, 2.75) is 58.3 Å². The summed E-state index contributed by atoms with van der Waals surface area (Å²) in [4.78, 5) is 14.0. The van der Waals surface area contributed by atoms with Crippen LogP contribution in [0.5, 0.6) is 5.75 Å². The normalized spacial score (nSPS) is 19.5. The van der Waals surface area contributed by atoms with Crippen LogP contribution in [0.4, 0.5) is 11.4 Å². The fourth-order valence-corrected chi connectivity index (χ4v) is 6.65. The maximum atomic E-state index is 13.8. The lowest BCUT2D eigenvalue weighted by molar-refractivity contribution is -0.137. The Morgan fingerprint density at radius 1 is 1.15 bits per heavy atom. The lowest BCUT2D eigenvalue weighted by Crippen LogP contribution is -2.37. The van der Waals surface area contributed by atoms with Crippen LogP contribution in [0.2, 0.25) is 0 Å². The standard InChI is InChI=1S/C27H35NO5S/c1-5-8-15-27(6-2)19-28(22-12-10-9-11-13-22)23-17-21(4)24(18-25(23)34(30,31)20-27)33-16-14-26(29)32-7-3/h9-14,16-18H,5-8,15,19-20H2,1-4H3/b16-14+. The molecular weight excluding hydrogens is 450 g/mol. The topological polar surface area (TPSA) is 72.9 Å². The molecular formula is C27H35NO5S. The van der Waals surface area contributed by atoms with Crippen LogP contribution in [-0.2, 0) is 19.4 Å². The molecule has 0 aliphatic carbocycles. The van der Waals surface area contributed by atoms with Crippen molar-refractivity contribution in [2.75, 3.05) is 23.8 Å². The van der Waals surface area contributed by atoms with E-state index in [4.69, 9.17) is 9.47 Å². The van der Waals surface area contributed by atoms with Gasteiger partial charge in [-0.15, -0.1) is 0 Å². The van der Waals surface area contributed by atoms with Crippen LogP contribution in [0.25, 0.3) is 0 Å². The number of esters is 1. The van der Waals surface area contributed by atoms with Gasteiger partial charge in [0.05, 0.1) is 35.3 Å². The third-order valence-electron chi connectivity index (χ3n) is 6.44. The van der Waals surface area contributed by atoms with Crippen molar-refractivity contribution in [3.8, 4) is 5.75 Å². The highest BCUT2D eigenvalue weighted by atomic mass is 32.2. The molecule has 184 valence electrons. The molecule has 3 rings (SSSR count). The molecule has 0 radical (unpaired) electrons. The van der Waals surface area contributed by atoms with Crippen molar-refractivity contribution in [3.63, 3.8) is 0 Å². The van der Waals surface area contributed by atoms with Gasteiger partial charge < -0.3 is 14.4 Å². The summed E-state index contributed by atoms with van der Waals surface area (Å²) in [6.07, 6.45) is 6.04. The molecule has 1 aliphatic rings. The van der Waals surface area contributed by atoms with E-state index in [1.165, 1.54) is 12.3 Å². The van der Waals surface area contributed by atoms with Crippen molar-refractivity contribution >= 4 is 27.2 Å². The van der Waals surface area contributed by atoms with E-state index >= 15 is 0 Å². The first-order chi connectivity index (χ1) is 16.2. The van der Waals surface area contributed by atoms with E-state index in [2.05, 4.69) is 18.7 Å². The number of anilines is 2. The molecule has 0 saturated carbocycles. The van der Waals surface area contributed by atoms with E-state index in [9.17, 15) is 13.2 Å². The van der Waals surface area contributed by atoms with E-state index < -0.39 is 15.8 Å². The number of ether oxygens (including phenoxy) is 2. The number of fused-ring (bicyclic) bond motifs is 1. The number of nitrogens with zero attached hydrogens (tertiary/aromatic N) is 1. The van der Waals surface area contributed by atoms with Gasteiger partial charge in [-0.05, 0) is 50.5 Å². The summed E-state index contributed by atoms with van der Waals surface area (Å²) in [7, 11) is -3.60. The van der Waals surface area contributed by atoms with Crippen molar-refractivity contribution in [1.29, 1.82) is 0 Å². The fourth-order valence-electron chi connectivity index (χ4n) is 4.47. The second-order valence-electron chi connectivity index (χ2n) is 8.90.